The average molecular weight is 369 g/mol. The molecule has 28 heavy (non-hydrogen) atoms. The molecule has 0 saturated heterocycles. The lowest BCUT2D eigenvalue weighted by Crippen LogP contribution is -2.21. The van der Waals surface area contributed by atoms with Gasteiger partial charge in [0.15, 0.2) is 0 Å². The summed E-state index contributed by atoms with van der Waals surface area (Å²) in [4.78, 5) is 0. The highest BCUT2D eigenvalue weighted by Crippen LogP contribution is 2.58. The molecular weight excluding hydrogens is 336 g/mol. The van der Waals surface area contributed by atoms with Crippen molar-refractivity contribution >= 4 is 0 Å². The topological polar surface area (TPSA) is 0 Å². The molecule has 5 rings (SSSR count). The lowest BCUT2D eigenvalue weighted by atomic mass is 9.75. The van der Waals surface area contributed by atoms with Gasteiger partial charge < -0.3 is 0 Å². The van der Waals surface area contributed by atoms with Crippen molar-refractivity contribution in [3.05, 3.63) is 107 Å². The van der Waals surface area contributed by atoms with E-state index in [9.17, 15) is 0 Å². The van der Waals surface area contributed by atoms with Gasteiger partial charge in [-0.2, -0.15) is 0 Å². The van der Waals surface area contributed by atoms with Gasteiger partial charge in [-0.15, -0.1) is 0 Å². The Morgan fingerprint density at radius 3 is 2.00 bits per heavy atom. The van der Waals surface area contributed by atoms with Gasteiger partial charge in [0, 0.05) is 5.41 Å². The van der Waals surface area contributed by atoms with E-state index in [-0.39, 0.29) is 12.8 Å². The summed E-state index contributed by atoms with van der Waals surface area (Å²) < 4.78 is 0. The Bertz CT molecular complexity index is 933. The minimum Gasteiger partial charge on any atom is -0.0801 e. The van der Waals surface area contributed by atoms with Crippen molar-refractivity contribution in [3.8, 4) is 11.1 Å². The molecule has 0 atom stereocenters. The molecule has 0 radical (unpaired) electrons. The first kappa shape index (κ1) is 20.1. The Labute approximate surface area is 171 Å². The predicted molar refractivity (Wildman–Crippen MR) is 124 cm³/mol. The van der Waals surface area contributed by atoms with Crippen LogP contribution in [0.2, 0.25) is 0 Å². The molecule has 0 fully saturated rings. The lowest BCUT2D eigenvalue weighted by molar-refractivity contribution is 0.560. The Morgan fingerprint density at radius 1 is 0.821 bits per heavy atom. The molecule has 2 aromatic carbocycles. The zero-order chi connectivity index (χ0) is 18.9. The van der Waals surface area contributed by atoms with Crippen molar-refractivity contribution < 1.29 is 0 Å². The maximum absolute atomic E-state index is 2.44. The van der Waals surface area contributed by atoms with Crippen LogP contribution < -0.4 is 0 Å². The van der Waals surface area contributed by atoms with E-state index in [2.05, 4.69) is 85.8 Å². The normalized spacial score (nSPS) is 19.2. The molecule has 0 heteroatoms. The smallest absolute Gasteiger partial charge is 0.0292 e. The molecule has 2 aromatic rings. The Kier molecular flexibility index (Phi) is 5.89. The second-order valence-corrected chi connectivity index (χ2v) is 7.54. The van der Waals surface area contributed by atoms with E-state index >= 15 is 0 Å². The van der Waals surface area contributed by atoms with Crippen LogP contribution in [-0.4, -0.2) is 0 Å². The van der Waals surface area contributed by atoms with Gasteiger partial charge in [-0.3, -0.25) is 0 Å². The Hall–Kier alpha value is -2.60. The monoisotopic (exact) mass is 368 g/mol. The van der Waals surface area contributed by atoms with Crippen molar-refractivity contribution in [3.63, 3.8) is 0 Å². The van der Waals surface area contributed by atoms with Crippen LogP contribution in [0.1, 0.15) is 58.6 Å². The molecule has 0 N–H and O–H groups in total. The van der Waals surface area contributed by atoms with Crippen LogP contribution >= 0.6 is 0 Å². The summed E-state index contributed by atoms with van der Waals surface area (Å²) in [5, 5.41) is 0. The van der Waals surface area contributed by atoms with Crippen molar-refractivity contribution in [2.24, 2.45) is 0 Å². The number of fused-ring (bicyclic) bond motifs is 5. The molecule has 0 amide bonds. The molecule has 0 nitrogen and oxygen atoms in total. The lowest BCUT2D eigenvalue weighted by Gasteiger charge is -2.27. The van der Waals surface area contributed by atoms with E-state index in [0.29, 0.717) is 0 Å². The highest BCUT2D eigenvalue weighted by Gasteiger charge is 2.46. The highest BCUT2D eigenvalue weighted by atomic mass is 14.5. The molecule has 0 aliphatic heterocycles. The molecule has 3 aliphatic carbocycles. The van der Waals surface area contributed by atoms with Gasteiger partial charge in [-0.1, -0.05) is 106 Å². The van der Waals surface area contributed by atoms with Crippen LogP contribution in [0, 0.1) is 0 Å². The van der Waals surface area contributed by atoms with Gasteiger partial charge >= 0.3 is 0 Å². The van der Waals surface area contributed by atoms with E-state index in [1.807, 2.05) is 13.8 Å². The summed E-state index contributed by atoms with van der Waals surface area (Å²) in [5.74, 6) is 0. The summed E-state index contributed by atoms with van der Waals surface area (Å²) in [7, 11) is 0. The number of allylic oxidation sites excluding steroid dienone is 8. The fraction of sp³-hybridized carbons (Fsp3) is 0.286. The van der Waals surface area contributed by atoms with Crippen LogP contribution in [0.3, 0.4) is 0 Å². The minimum absolute atomic E-state index is 0. The molecule has 144 valence electrons. The quantitative estimate of drug-likeness (QED) is 0.476. The zero-order valence-electron chi connectivity index (χ0n) is 16.6. The molecule has 0 saturated carbocycles. The minimum atomic E-state index is 0. The Balaban J connectivity index is 0.000000728. The van der Waals surface area contributed by atoms with Crippen LogP contribution in [-0.2, 0) is 5.41 Å². The summed E-state index contributed by atoms with van der Waals surface area (Å²) >= 11 is 0. The van der Waals surface area contributed by atoms with Crippen molar-refractivity contribution in [1.82, 2.24) is 0 Å². The van der Waals surface area contributed by atoms with Gasteiger partial charge in [0.25, 0.3) is 0 Å². The van der Waals surface area contributed by atoms with Crippen LogP contribution in [0.4, 0.5) is 0 Å². The number of hydrogen-bond acceptors (Lipinski definition) is 0. The van der Waals surface area contributed by atoms with Crippen LogP contribution in [0.15, 0.2) is 95.6 Å². The first-order valence-corrected chi connectivity index (χ1v) is 10.2. The van der Waals surface area contributed by atoms with Gasteiger partial charge in [0.1, 0.15) is 0 Å². The van der Waals surface area contributed by atoms with Gasteiger partial charge in [-0.25, -0.2) is 0 Å². The first-order valence-electron chi connectivity index (χ1n) is 10.2. The maximum Gasteiger partial charge on any atom is 0.0292 e. The van der Waals surface area contributed by atoms with Crippen molar-refractivity contribution in [2.75, 3.05) is 0 Å². The van der Waals surface area contributed by atoms with Crippen LogP contribution in [0.25, 0.3) is 11.1 Å². The third kappa shape index (κ3) is 3.11. The van der Waals surface area contributed by atoms with E-state index in [0.717, 1.165) is 19.3 Å². The third-order valence-corrected chi connectivity index (χ3v) is 6.05. The maximum atomic E-state index is 2.44. The molecule has 0 aromatic heterocycles. The summed E-state index contributed by atoms with van der Waals surface area (Å²) in [6, 6.07) is 18.0. The number of hydrogen-bond donors (Lipinski definition) is 0. The average Bonchev–Trinajstić information content (AvgIpc) is 3.20. The summed E-state index contributed by atoms with van der Waals surface area (Å²) in [6.07, 6.45) is 14.5. The van der Waals surface area contributed by atoms with Gasteiger partial charge in [0.2, 0.25) is 0 Å². The Morgan fingerprint density at radius 2 is 1.43 bits per heavy atom. The molecular formula is C28H32. The SMILES string of the molecule is C.CC.CC1=C(/C=C2/C=CC=CC2)CC2(C1)c1ccccc1-c1ccccc12. The first-order chi connectivity index (χ1) is 13.3. The number of rotatable bonds is 1. The molecule has 0 bridgehead atoms. The van der Waals surface area contributed by atoms with E-state index < -0.39 is 0 Å². The van der Waals surface area contributed by atoms with Crippen molar-refractivity contribution in [1.29, 1.82) is 0 Å². The fourth-order valence-corrected chi connectivity index (χ4v) is 4.94. The van der Waals surface area contributed by atoms with E-state index in [1.54, 1.807) is 5.57 Å². The summed E-state index contributed by atoms with van der Waals surface area (Å²) in [5.41, 5.74) is 10.5. The standard InChI is InChI=1S/C25H22.C2H6.CH4/c1-18-16-25(17-20(18)15-19-9-3-2-4-10-19)23-13-7-5-11-21(23)22-12-6-8-14-24(22)25;1-2;/h2-9,11-15H,10,16-17H2,1H3;1-2H3;1H4/b19-15-;;. The molecule has 1 spiro atoms. The van der Waals surface area contributed by atoms with Gasteiger partial charge in [-0.05, 0) is 59.6 Å². The largest absolute Gasteiger partial charge is 0.0801 e. The fourth-order valence-electron chi connectivity index (χ4n) is 4.94. The predicted octanol–water partition coefficient (Wildman–Crippen LogP) is 8.17. The van der Waals surface area contributed by atoms with Crippen LogP contribution in [0.5, 0.6) is 0 Å². The molecule has 0 unspecified atom stereocenters. The van der Waals surface area contributed by atoms with Gasteiger partial charge in [0.05, 0.1) is 0 Å². The third-order valence-electron chi connectivity index (χ3n) is 6.05. The van der Waals surface area contributed by atoms with E-state index in [4.69, 9.17) is 0 Å². The van der Waals surface area contributed by atoms with Crippen molar-refractivity contribution in [2.45, 2.75) is 52.9 Å². The summed E-state index contributed by atoms with van der Waals surface area (Å²) in [6.45, 7) is 6.33. The second kappa shape index (κ2) is 8.19. The zero-order valence-corrected chi connectivity index (χ0v) is 16.6. The van der Waals surface area contributed by atoms with E-state index in [1.165, 1.54) is 33.4 Å². The number of benzene rings is 2. The molecule has 3 aliphatic rings. The highest BCUT2D eigenvalue weighted by molar-refractivity contribution is 5.82. The second-order valence-electron chi connectivity index (χ2n) is 7.54. The molecule has 0 heterocycles.